The predicted molar refractivity (Wildman–Crippen MR) is 87.4 cm³/mol. The molecule has 0 amide bonds. The minimum atomic E-state index is -1.13. The molecule has 22 heavy (non-hydrogen) atoms. The van der Waals surface area contributed by atoms with Crippen LogP contribution in [0, 0.1) is 6.92 Å². The normalized spacial score (nSPS) is 12.5. The molecule has 0 aliphatic carbocycles. The van der Waals surface area contributed by atoms with Crippen LogP contribution in [0.4, 0.5) is 0 Å². The summed E-state index contributed by atoms with van der Waals surface area (Å²) in [5.41, 5.74) is 2.26. The summed E-state index contributed by atoms with van der Waals surface area (Å²) >= 11 is 11.2. The molecular weight excluding hydrogens is 323 g/mol. The minimum Gasteiger partial charge on any atom is -0.461 e. The van der Waals surface area contributed by atoms with Gasteiger partial charge in [-0.25, -0.2) is 0 Å². The second-order valence-electron chi connectivity index (χ2n) is 4.99. The van der Waals surface area contributed by atoms with E-state index in [9.17, 15) is 9.90 Å². The number of hydrogen-bond donors (Lipinski definition) is 1. The standard InChI is InChI=1S/C17H12Cl2O3/c1-9-8-14-12(6-7-13(17(19)21)15(14)22-9)10-2-4-11(5-3-10)16(18)20/h2-8,17,21H,1H3. The molecule has 0 spiro atoms. The van der Waals surface area contributed by atoms with Crippen molar-refractivity contribution in [2.24, 2.45) is 0 Å². The lowest BCUT2D eigenvalue weighted by molar-refractivity contribution is 0.108. The van der Waals surface area contributed by atoms with Gasteiger partial charge in [0.25, 0.3) is 5.24 Å². The van der Waals surface area contributed by atoms with Gasteiger partial charge in [0.2, 0.25) is 0 Å². The van der Waals surface area contributed by atoms with Gasteiger partial charge in [-0.15, -0.1) is 0 Å². The van der Waals surface area contributed by atoms with Crippen molar-refractivity contribution in [2.75, 3.05) is 0 Å². The SMILES string of the molecule is Cc1cc2c(-c3ccc(C(=O)Cl)cc3)ccc(C(O)Cl)c2o1. The zero-order valence-corrected chi connectivity index (χ0v) is 13.2. The number of aryl methyl sites for hydroxylation is 1. The Kier molecular flexibility index (Phi) is 3.96. The molecular formula is C17H12Cl2O3. The lowest BCUT2D eigenvalue weighted by Gasteiger charge is -2.08. The first-order valence-corrected chi connectivity index (χ1v) is 7.44. The second-order valence-corrected chi connectivity index (χ2v) is 5.75. The van der Waals surface area contributed by atoms with Crippen LogP contribution in [0.2, 0.25) is 0 Å². The Hall–Kier alpha value is -1.81. The van der Waals surface area contributed by atoms with Crippen molar-refractivity contribution in [1.82, 2.24) is 0 Å². The van der Waals surface area contributed by atoms with E-state index in [1.54, 1.807) is 18.2 Å². The molecule has 1 atom stereocenters. The van der Waals surface area contributed by atoms with E-state index in [4.69, 9.17) is 27.6 Å². The van der Waals surface area contributed by atoms with Gasteiger partial charge >= 0.3 is 0 Å². The van der Waals surface area contributed by atoms with Gasteiger partial charge in [0, 0.05) is 16.5 Å². The zero-order chi connectivity index (χ0) is 15.9. The molecule has 5 heteroatoms. The highest BCUT2D eigenvalue weighted by atomic mass is 35.5. The summed E-state index contributed by atoms with van der Waals surface area (Å²) < 4.78 is 5.66. The monoisotopic (exact) mass is 334 g/mol. The summed E-state index contributed by atoms with van der Waals surface area (Å²) in [6.07, 6.45) is 0. The van der Waals surface area contributed by atoms with E-state index in [2.05, 4.69) is 0 Å². The van der Waals surface area contributed by atoms with Crippen LogP contribution in [0.15, 0.2) is 46.9 Å². The number of halogens is 2. The van der Waals surface area contributed by atoms with Gasteiger partial charge in [-0.1, -0.05) is 35.9 Å². The molecule has 1 aromatic heterocycles. The largest absolute Gasteiger partial charge is 0.461 e. The first kappa shape index (κ1) is 15.1. The molecule has 3 aromatic rings. The van der Waals surface area contributed by atoms with Gasteiger partial charge in [0.1, 0.15) is 11.3 Å². The molecule has 1 heterocycles. The lowest BCUT2D eigenvalue weighted by atomic mass is 9.98. The van der Waals surface area contributed by atoms with Gasteiger partial charge in [0.05, 0.1) is 0 Å². The second kappa shape index (κ2) is 5.76. The molecule has 0 aliphatic heterocycles. The van der Waals surface area contributed by atoms with Crippen LogP contribution in [-0.2, 0) is 0 Å². The highest BCUT2D eigenvalue weighted by molar-refractivity contribution is 6.67. The van der Waals surface area contributed by atoms with Crippen molar-refractivity contribution in [1.29, 1.82) is 0 Å². The number of aliphatic hydroxyl groups excluding tert-OH is 1. The van der Waals surface area contributed by atoms with Crippen LogP contribution in [-0.4, -0.2) is 10.3 Å². The minimum absolute atomic E-state index is 0.442. The number of fused-ring (bicyclic) bond motifs is 1. The fraction of sp³-hybridized carbons (Fsp3) is 0.118. The Morgan fingerprint density at radius 1 is 1.18 bits per heavy atom. The third-order valence-electron chi connectivity index (χ3n) is 3.52. The Labute approximate surface area is 137 Å². The van der Waals surface area contributed by atoms with E-state index < -0.39 is 10.8 Å². The molecule has 0 fully saturated rings. The third-order valence-corrected chi connectivity index (χ3v) is 3.97. The van der Waals surface area contributed by atoms with Crippen LogP contribution < -0.4 is 0 Å². The summed E-state index contributed by atoms with van der Waals surface area (Å²) in [6.45, 7) is 1.84. The van der Waals surface area contributed by atoms with Gasteiger partial charge in [-0.3, -0.25) is 4.79 Å². The average Bonchev–Trinajstić information content (AvgIpc) is 2.87. The fourth-order valence-electron chi connectivity index (χ4n) is 2.49. The average molecular weight is 335 g/mol. The third kappa shape index (κ3) is 2.63. The Morgan fingerprint density at radius 2 is 1.86 bits per heavy atom. The maximum absolute atomic E-state index is 11.1. The van der Waals surface area contributed by atoms with E-state index >= 15 is 0 Å². The van der Waals surface area contributed by atoms with Crippen LogP contribution in [0.3, 0.4) is 0 Å². The maximum atomic E-state index is 11.1. The van der Waals surface area contributed by atoms with Crippen LogP contribution >= 0.6 is 23.2 Å². The van der Waals surface area contributed by atoms with Crippen molar-refractivity contribution in [2.45, 2.75) is 12.5 Å². The summed E-state index contributed by atoms with van der Waals surface area (Å²) in [7, 11) is 0. The van der Waals surface area contributed by atoms with Gasteiger partial charge < -0.3 is 9.52 Å². The number of aliphatic hydroxyl groups is 1. The topological polar surface area (TPSA) is 50.4 Å². The van der Waals surface area contributed by atoms with Crippen molar-refractivity contribution in [3.63, 3.8) is 0 Å². The maximum Gasteiger partial charge on any atom is 0.252 e. The first-order chi connectivity index (χ1) is 10.5. The summed E-state index contributed by atoms with van der Waals surface area (Å²) in [4.78, 5) is 11.1. The molecule has 1 unspecified atom stereocenters. The van der Waals surface area contributed by atoms with E-state index in [0.29, 0.717) is 16.7 Å². The Balaban J connectivity index is 2.19. The van der Waals surface area contributed by atoms with E-state index in [1.807, 2.05) is 31.2 Å². The number of rotatable bonds is 3. The molecule has 3 rings (SSSR count). The predicted octanol–water partition coefficient (Wildman–Crippen LogP) is 5.02. The molecule has 0 aliphatic rings. The molecule has 0 radical (unpaired) electrons. The highest BCUT2D eigenvalue weighted by Gasteiger charge is 2.16. The van der Waals surface area contributed by atoms with Crippen molar-refractivity contribution in [3.05, 3.63) is 59.4 Å². The lowest BCUT2D eigenvalue weighted by Crippen LogP contribution is -1.91. The van der Waals surface area contributed by atoms with Crippen molar-refractivity contribution < 1.29 is 14.3 Å². The highest BCUT2D eigenvalue weighted by Crippen LogP contribution is 2.36. The smallest absolute Gasteiger partial charge is 0.252 e. The van der Waals surface area contributed by atoms with Crippen LogP contribution in [0.1, 0.15) is 27.2 Å². The van der Waals surface area contributed by atoms with Gasteiger partial charge in [-0.2, -0.15) is 0 Å². The number of carbonyl (C=O) groups excluding carboxylic acids is 1. The molecule has 1 N–H and O–H groups in total. The number of hydrogen-bond acceptors (Lipinski definition) is 3. The van der Waals surface area contributed by atoms with E-state index in [-0.39, 0.29) is 0 Å². The quantitative estimate of drug-likeness (QED) is 0.540. The molecule has 3 nitrogen and oxygen atoms in total. The summed E-state index contributed by atoms with van der Waals surface area (Å²) in [5.74, 6) is 0.730. The molecule has 0 bridgehead atoms. The first-order valence-electron chi connectivity index (χ1n) is 6.63. The molecule has 2 aromatic carbocycles. The van der Waals surface area contributed by atoms with Crippen molar-refractivity contribution >= 4 is 39.4 Å². The fourth-order valence-corrected chi connectivity index (χ4v) is 2.79. The van der Waals surface area contributed by atoms with Crippen LogP contribution in [0.25, 0.3) is 22.1 Å². The molecule has 0 saturated carbocycles. The number of alkyl halides is 1. The number of carbonyl (C=O) groups is 1. The molecule has 112 valence electrons. The number of furan rings is 1. The van der Waals surface area contributed by atoms with Crippen LogP contribution in [0.5, 0.6) is 0 Å². The molecule has 0 saturated heterocycles. The Bertz CT molecular complexity index is 848. The van der Waals surface area contributed by atoms with Gasteiger partial charge in [0.15, 0.2) is 5.56 Å². The Morgan fingerprint density at radius 3 is 2.45 bits per heavy atom. The summed E-state index contributed by atoms with van der Waals surface area (Å²) in [6, 6.07) is 12.5. The van der Waals surface area contributed by atoms with E-state index in [1.165, 1.54) is 0 Å². The van der Waals surface area contributed by atoms with Crippen molar-refractivity contribution in [3.8, 4) is 11.1 Å². The number of benzene rings is 2. The summed E-state index contributed by atoms with van der Waals surface area (Å²) in [5, 5.41) is 10.0. The zero-order valence-electron chi connectivity index (χ0n) is 11.6. The van der Waals surface area contributed by atoms with Gasteiger partial charge in [-0.05, 0) is 47.9 Å². The van der Waals surface area contributed by atoms with E-state index in [0.717, 1.165) is 22.3 Å².